The van der Waals surface area contributed by atoms with Crippen molar-refractivity contribution in [3.63, 3.8) is 0 Å². The lowest BCUT2D eigenvalue weighted by atomic mass is 9.80. The third kappa shape index (κ3) is 8.22. The number of benzene rings is 1. The second-order valence-electron chi connectivity index (χ2n) is 7.36. The van der Waals surface area contributed by atoms with Crippen molar-refractivity contribution in [3.8, 4) is 11.5 Å². The monoisotopic (exact) mass is 386 g/mol. The van der Waals surface area contributed by atoms with Crippen LogP contribution in [0.1, 0.15) is 71.1 Å². The number of carbonyl (C=O) groups is 1. The first kappa shape index (κ1) is 21.6. The van der Waals surface area contributed by atoms with E-state index in [1.54, 1.807) is 0 Å². The minimum atomic E-state index is -4.73. The fourth-order valence-corrected chi connectivity index (χ4v) is 3.63. The van der Waals surface area contributed by atoms with Crippen LogP contribution in [0.5, 0.6) is 11.5 Å². The van der Waals surface area contributed by atoms with E-state index in [0.29, 0.717) is 5.92 Å². The molecule has 0 N–H and O–H groups in total. The van der Waals surface area contributed by atoms with Crippen LogP contribution in [0, 0.1) is 11.8 Å². The predicted octanol–water partition coefficient (Wildman–Crippen LogP) is 6.66. The lowest BCUT2D eigenvalue weighted by molar-refractivity contribution is -0.274. The summed E-state index contributed by atoms with van der Waals surface area (Å²) in [6, 6.07) is 4.93. The van der Waals surface area contributed by atoms with Gasteiger partial charge in [-0.15, -0.1) is 13.2 Å². The van der Waals surface area contributed by atoms with Gasteiger partial charge in [0.05, 0.1) is 5.92 Å². The molecule has 0 aliphatic heterocycles. The molecule has 0 saturated heterocycles. The Kier molecular flexibility index (Phi) is 8.45. The molecule has 1 aromatic carbocycles. The van der Waals surface area contributed by atoms with Gasteiger partial charge in [-0.2, -0.15) is 0 Å². The molecule has 0 heterocycles. The predicted molar refractivity (Wildman–Crippen MR) is 97.6 cm³/mol. The molecule has 1 fully saturated rings. The van der Waals surface area contributed by atoms with Crippen molar-refractivity contribution in [2.24, 2.45) is 11.8 Å². The van der Waals surface area contributed by atoms with Crippen molar-refractivity contribution in [1.29, 1.82) is 0 Å². The van der Waals surface area contributed by atoms with Gasteiger partial charge >= 0.3 is 12.3 Å². The Labute approximate surface area is 159 Å². The highest BCUT2D eigenvalue weighted by Gasteiger charge is 2.31. The van der Waals surface area contributed by atoms with Gasteiger partial charge in [0.25, 0.3) is 0 Å². The summed E-state index contributed by atoms with van der Waals surface area (Å²) in [5.41, 5.74) is 0. The van der Waals surface area contributed by atoms with Gasteiger partial charge < -0.3 is 9.47 Å². The van der Waals surface area contributed by atoms with Crippen LogP contribution in [0.15, 0.2) is 24.3 Å². The molecule has 27 heavy (non-hydrogen) atoms. The maximum atomic E-state index is 12.3. The molecule has 152 valence electrons. The van der Waals surface area contributed by atoms with E-state index in [1.807, 2.05) is 0 Å². The number of unbranched alkanes of at least 4 members (excludes halogenated alkanes) is 4. The van der Waals surface area contributed by atoms with Gasteiger partial charge in [0.2, 0.25) is 0 Å². The fraction of sp³-hybridized carbons (Fsp3) is 0.667. The van der Waals surface area contributed by atoms with E-state index >= 15 is 0 Å². The van der Waals surface area contributed by atoms with Gasteiger partial charge in [0.1, 0.15) is 11.5 Å². The number of hydrogen-bond donors (Lipinski definition) is 0. The molecule has 1 saturated carbocycles. The summed E-state index contributed by atoms with van der Waals surface area (Å²) in [5.74, 6) is 0.206. The summed E-state index contributed by atoms with van der Waals surface area (Å²) in [7, 11) is 0. The number of ether oxygens (including phenoxy) is 2. The Morgan fingerprint density at radius 2 is 1.56 bits per heavy atom. The van der Waals surface area contributed by atoms with Gasteiger partial charge in [0.15, 0.2) is 0 Å². The topological polar surface area (TPSA) is 35.5 Å². The molecule has 0 spiro atoms. The quantitative estimate of drug-likeness (QED) is 0.270. The van der Waals surface area contributed by atoms with E-state index < -0.39 is 6.36 Å². The molecular formula is C21H29F3O3. The van der Waals surface area contributed by atoms with E-state index in [0.717, 1.165) is 37.8 Å². The van der Waals surface area contributed by atoms with E-state index in [4.69, 9.17) is 4.74 Å². The molecule has 1 aliphatic carbocycles. The lowest BCUT2D eigenvalue weighted by Crippen LogP contribution is -2.25. The van der Waals surface area contributed by atoms with Crippen LogP contribution in [0.2, 0.25) is 0 Å². The highest BCUT2D eigenvalue weighted by molar-refractivity contribution is 5.75. The van der Waals surface area contributed by atoms with Crippen LogP contribution in [0.4, 0.5) is 13.2 Å². The zero-order valence-corrected chi connectivity index (χ0v) is 15.9. The highest BCUT2D eigenvalue weighted by Crippen LogP contribution is 2.33. The summed E-state index contributed by atoms with van der Waals surface area (Å²) in [6.45, 7) is 2.21. The van der Waals surface area contributed by atoms with Crippen molar-refractivity contribution in [3.05, 3.63) is 24.3 Å². The average Bonchev–Trinajstić information content (AvgIpc) is 2.62. The number of alkyl halides is 3. The van der Waals surface area contributed by atoms with Gasteiger partial charge in [-0.3, -0.25) is 4.79 Å². The largest absolute Gasteiger partial charge is 0.573 e. The summed E-state index contributed by atoms with van der Waals surface area (Å²) in [4.78, 5) is 12.3. The maximum Gasteiger partial charge on any atom is 0.573 e. The Balaban J connectivity index is 1.70. The second-order valence-corrected chi connectivity index (χ2v) is 7.36. The van der Waals surface area contributed by atoms with E-state index in [9.17, 15) is 18.0 Å². The van der Waals surface area contributed by atoms with Crippen LogP contribution in [-0.2, 0) is 4.79 Å². The SMILES string of the molecule is CCCCCCCC1CCC(C(=O)Oc2ccc(OC(F)(F)F)cc2)CC1. The second kappa shape index (κ2) is 10.6. The minimum Gasteiger partial charge on any atom is -0.426 e. The number of esters is 1. The molecule has 0 unspecified atom stereocenters. The summed E-state index contributed by atoms with van der Waals surface area (Å²) in [5, 5.41) is 0. The Morgan fingerprint density at radius 1 is 0.963 bits per heavy atom. The van der Waals surface area contributed by atoms with Crippen molar-refractivity contribution in [1.82, 2.24) is 0 Å². The molecular weight excluding hydrogens is 357 g/mol. The molecule has 3 nitrogen and oxygen atoms in total. The number of halogens is 3. The molecule has 0 atom stereocenters. The van der Waals surface area contributed by atoms with Gasteiger partial charge in [-0.25, -0.2) is 0 Å². The molecule has 0 radical (unpaired) electrons. The highest BCUT2D eigenvalue weighted by atomic mass is 19.4. The average molecular weight is 386 g/mol. The number of rotatable bonds is 9. The van der Waals surface area contributed by atoms with Crippen LogP contribution in [0.3, 0.4) is 0 Å². The zero-order chi connectivity index (χ0) is 19.7. The maximum absolute atomic E-state index is 12.3. The van der Waals surface area contributed by atoms with Crippen LogP contribution in [0.25, 0.3) is 0 Å². The molecule has 0 bridgehead atoms. The smallest absolute Gasteiger partial charge is 0.426 e. The molecule has 0 aromatic heterocycles. The molecule has 1 aliphatic rings. The van der Waals surface area contributed by atoms with Gasteiger partial charge in [-0.05, 0) is 55.9 Å². The lowest BCUT2D eigenvalue weighted by Gasteiger charge is -2.27. The van der Waals surface area contributed by atoms with Crippen molar-refractivity contribution in [2.45, 2.75) is 77.5 Å². The van der Waals surface area contributed by atoms with Crippen molar-refractivity contribution >= 4 is 5.97 Å². The number of hydrogen-bond acceptors (Lipinski definition) is 3. The third-order valence-corrected chi connectivity index (χ3v) is 5.17. The van der Waals surface area contributed by atoms with Crippen molar-refractivity contribution in [2.75, 3.05) is 0 Å². The Hall–Kier alpha value is -1.72. The van der Waals surface area contributed by atoms with Gasteiger partial charge in [-0.1, -0.05) is 45.4 Å². The first-order valence-corrected chi connectivity index (χ1v) is 9.95. The van der Waals surface area contributed by atoms with E-state index in [-0.39, 0.29) is 23.4 Å². The number of carbonyl (C=O) groups excluding carboxylic acids is 1. The fourth-order valence-electron chi connectivity index (χ4n) is 3.63. The standard InChI is InChI=1S/C21H29F3O3/c1-2-3-4-5-6-7-16-8-10-17(11-9-16)20(25)26-18-12-14-19(15-13-18)27-21(22,23)24/h12-17H,2-11H2,1H3. The molecule has 6 heteroatoms. The first-order valence-electron chi connectivity index (χ1n) is 9.95. The first-order chi connectivity index (χ1) is 12.9. The van der Waals surface area contributed by atoms with Crippen LogP contribution in [-0.4, -0.2) is 12.3 Å². The van der Waals surface area contributed by atoms with E-state index in [1.165, 1.54) is 50.7 Å². The zero-order valence-electron chi connectivity index (χ0n) is 15.9. The summed E-state index contributed by atoms with van der Waals surface area (Å²) in [6.07, 6.45) is 6.70. The van der Waals surface area contributed by atoms with Gasteiger partial charge in [0, 0.05) is 0 Å². The molecule has 1 aromatic rings. The minimum absolute atomic E-state index is 0.118. The molecule has 2 rings (SSSR count). The summed E-state index contributed by atoms with van der Waals surface area (Å²) >= 11 is 0. The van der Waals surface area contributed by atoms with E-state index in [2.05, 4.69) is 11.7 Å². The third-order valence-electron chi connectivity index (χ3n) is 5.17. The summed E-state index contributed by atoms with van der Waals surface area (Å²) < 4.78 is 45.6. The van der Waals surface area contributed by atoms with Crippen molar-refractivity contribution < 1.29 is 27.4 Å². The Morgan fingerprint density at radius 3 is 2.15 bits per heavy atom. The van der Waals surface area contributed by atoms with Crippen LogP contribution >= 0.6 is 0 Å². The van der Waals surface area contributed by atoms with Crippen LogP contribution < -0.4 is 9.47 Å². The normalized spacial score (nSPS) is 20.3. The molecule has 0 amide bonds. The Bertz CT molecular complexity index is 561.